The van der Waals surface area contributed by atoms with Crippen molar-refractivity contribution >= 4 is 17.2 Å². The lowest BCUT2D eigenvalue weighted by molar-refractivity contribution is 0.316. The van der Waals surface area contributed by atoms with E-state index in [1.165, 1.54) is 5.56 Å². The highest BCUT2D eigenvalue weighted by Gasteiger charge is 2.15. The maximum absolute atomic E-state index is 6.08. The van der Waals surface area contributed by atoms with Crippen LogP contribution >= 0.6 is 11.6 Å². The average molecular weight is 362 g/mol. The van der Waals surface area contributed by atoms with Crippen LogP contribution in [0.2, 0.25) is 5.02 Å². The molecule has 0 unspecified atom stereocenters. The molecule has 2 aromatic carbocycles. The number of pyridine rings is 1. The zero-order valence-corrected chi connectivity index (χ0v) is 15.4. The van der Waals surface area contributed by atoms with E-state index in [1.807, 2.05) is 36.4 Å². The van der Waals surface area contributed by atoms with Crippen LogP contribution in [0.3, 0.4) is 0 Å². The third-order valence-corrected chi connectivity index (χ3v) is 4.69. The molecule has 2 aromatic heterocycles. The summed E-state index contributed by atoms with van der Waals surface area (Å²) >= 11 is 6.08. The zero-order chi connectivity index (χ0) is 17.9. The van der Waals surface area contributed by atoms with E-state index in [2.05, 4.69) is 58.9 Å². The van der Waals surface area contributed by atoms with Gasteiger partial charge in [-0.15, -0.1) is 0 Å². The summed E-state index contributed by atoms with van der Waals surface area (Å²) in [7, 11) is 2.13. The summed E-state index contributed by atoms with van der Waals surface area (Å²) in [5.74, 6) is 0. The first-order valence-corrected chi connectivity index (χ1v) is 9.03. The molecule has 4 rings (SSSR count). The van der Waals surface area contributed by atoms with E-state index in [0.29, 0.717) is 0 Å². The number of hydrogen-bond donors (Lipinski definition) is 0. The summed E-state index contributed by atoms with van der Waals surface area (Å²) in [4.78, 5) is 7.17. The first-order valence-electron chi connectivity index (χ1n) is 8.65. The monoisotopic (exact) mass is 361 g/mol. The van der Waals surface area contributed by atoms with Crippen molar-refractivity contribution in [3.05, 3.63) is 95.3 Å². The van der Waals surface area contributed by atoms with Crippen LogP contribution in [-0.4, -0.2) is 21.3 Å². The van der Waals surface area contributed by atoms with Crippen molar-refractivity contribution in [1.29, 1.82) is 0 Å². The minimum absolute atomic E-state index is 0.741. The van der Waals surface area contributed by atoms with Gasteiger partial charge in [0.1, 0.15) is 5.65 Å². The molecule has 26 heavy (non-hydrogen) atoms. The second-order valence-corrected chi connectivity index (χ2v) is 6.94. The van der Waals surface area contributed by atoms with Crippen LogP contribution < -0.4 is 0 Å². The molecule has 4 aromatic rings. The van der Waals surface area contributed by atoms with Crippen molar-refractivity contribution in [2.45, 2.75) is 13.1 Å². The molecule has 0 radical (unpaired) electrons. The highest BCUT2D eigenvalue weighted by molar-refractivity contribution is 6.30. The smallest absolute Gasteiger partial charge is 0.137 e. The number of rotatable bonds is 5. The lowest BCUT2D eigenvalue weighted by Gasteiger charge is -2.16. The molecular weight excluding hydrogens is 342 g/mol. The van der Waals surface area contributed by atoms with Gasteiger partial charge in [-0.25, -0.2) is 4.98 Å². The number of halogens is 1. The molecule has 0 fully saturated rings. The topological polar surface area (TPSA) is 20.5 Å². The van der Waals surface area contributed by atoms with Crippen LogP contribution in [-0.2, 0) is 13.1 Å². The van der Waals surface area contributed by atoms with Gasteiger partial charge in [0.2, 0.25) is 0 Å². The van der Waals surface area contributed by atoms with Crippen molar-refractivity contribution in [2.75, 3.05) is 7.05 Å². The van der Waals surface area contributed by atoms with Crippen molar-refractivity contribution in [3.8, 4) is 11.3 Å². The molecule has 3 nitrogen and oxygen atoms in total. The Kier molecular flexibility index (Phi) is 4.74. The largest absolute Gasteiger partial charge is 0.299 e. The van der Waals surface area contributed by atoms with Crippen LogP contribution in [0.5, 0.6) is 0 Å². The van der Waals surface area contributed by atoms with Gasteiger partial charge < -0.3 is 0 Å². The molecule has 0 aliphatic rings. The van der Waals surface area contributed by atoms with Gasteiger partial charge in [-0.1, -0.05) is 60.1 Å². The maximum Gasteiger partial charge on any atom is 0.137 e. The quantitative estimate of drug-likeness (QED) is 0.481. The SMILES string of the molecule is CN(Cc1ccccc1)Cc1nc2ccccn2c1-c1ccc(Cl)cc1. The Morgan fingerprint density at radius 1 is 0.885 bits per heavy atom. The fourth-order valence-electron chi connectivity index (χ4n) is 3.27. The zero-order valence-electron chi connectivity index (χ0n) is 14.6. The van der Waals surface area contributed by atoms with Gasteiger partial charge in [-0.3, -0.25) is 9.30 Å². The van der Waals surface area contributed by atoms with Crippen LogP contribution in [0, 0.1) is 0 Å². The van der Waals surface area contributed by atoms with E-state index in [0.717, 1.165) is 40.7 Å². The summed E-state index contributed by atoms with van der Waals surface area (Å²) in [6.07, 6.45) is 2.06. The number of aromatic nitrogens is 2. The highest BCUT2D eigenvalue weighted by atomic mass is 35.5. The van der Waals surface area contributed by atoms with Gasteiger partial charge in [-0.05, 0) is 36.9 Å². The van der Waals surface area contributed by atoms with E-state index in [1.54, 1.807) is 0 Å². The average Bonchev–Trinajstić information content (AvgIpc) is 3.01. The van der Waals surface area contributed by atoms with E-state index < -0.39 is 0 Å². The summed E-state index contributed by atoms with van der Waals surface area (Å²) in [6, 6.07) is 24.6. The molecule has 0 aliphatic carbocycles. The molecule has 0 aliphatic heterocycles. The standard InChI is InChI=1S/C22H20ClN3/c1-25(15-17-7-3-2-4-8-17)16-20-22(18-10-12-19(23)13-11-18)26-14-6-5-9-21(26)24-20/h2-14H,15-16H2,1H3. The second-order valence-electron chi connectivity index (χ2n) is 6.50. The van der Waals surface area contributed by atoms with Crippen LogP contribution in [0.4, 0.5) is 0 Å². The molecule has 0 amide bonds. The minimum Gasteiger partial charge on any atom is -0.299 e. The molecule has 0 N–H and O–H groups in total. The predicted octanol–water partition coefficient (Wildman–Crippen LogP) is 5.29. The molecule has 0 spiro atoms. The number of benzene rings is 2. The fourth-order valence-corrected chi connectivity index (χ4v) is 3.40. The minimum atomic E-state index is 0.741. The lowest BCUT2D eigenvalue weighted by Crippen LogP contribution is -2.18. The summed E-state index contributed by atoms with van der Waals surface area (Å²) < 4.78 is 2.15. The lowest BCUT2D eigenvalue weighted by atomic mass is 10.1. The normalized spacial score (nSPS) is 11.3. The first-order chi connectivity index (χ1) is 12.7. The number of hydrogen-bond acceptors (Lipinski definition) is 2. The van der Waals surface area contributed by atoms with Gasteiger partial charge >= 0.3 is 0 Å². The molecule has 4 heteroatoms. The Balaban J connectivity index is 1.70. The second kappa shape index (κ2) is 7.32. The highest BCUT2D eigenvalue weighted by Crippen LogP contribution is 2.27. The first kappa shape index (κ1) is 16.8. The van der Waals surface area contributed by atoms with Crippen molar-refractivity contribution < 1.29 is 0 Å². The molecule has 2 heterocycles. The Hall–Kier alpha value is -2.62. The molecule has 130 valence electrons. The van der Waals surface area contributed by atoms with Gasteiger partial charge in [0.25, 0.3) is 0 Å². The summed E-state index contributed by atoms with van der Waals surface area (Å²) in [5.41, 5.74) is 5.57. The van der Waals surface area contributed by atoms with E-state index in [9.17, 15) is 0 Å². The maximum atomic E-state index is 6.08. The van der Waals surface area contributed by atoms with Gasteiger partial charge in [-0.2, -0.15) is 0 Å². The molecule has 0 atom stereocenters. The van der Waals surface area contributed by atoms with E-state index >= 15 is 0 Å². The molecule has 0 saturated heterocycles. The number of imidazole rings is 1. The fraction of sp³-hybridized carbons (Fsp3) is 0.136. The summed E-state index contributed by atoms with van der Waals surface area (Å²) in [5, 5.41) is 0.741. The van der Waals surface area contributed by atoms with Crippen LogP contribution in [0.25, 0.3) is 16.9 Å². The molecule has 0 saturated carbocycles. The van der Waals surface area contributed by atoms with Gasteiger partial charge in [0.15, 0.2) is 0 Å². The number of nitrogens with zero attached hydrogens (tertiary/aromatic N) is 3. The third kappa shape index (κ3) is 3.50. The van der Waals surface area contributed by atoms with Gasteiger partial charge in [0, 0.05) is 29.9 Å². The Bertz CT molecular complexity index is 1010. The third-order valence-electron chi connectivity index (χ3n) is 4.43. The van der Waals surface area contributed by atoms with Crippen molar-refractivity contribution in [3.63, 3.8) is 0 Å². The van der Waals surface area contributed by atoms with E-state index in [-0.39, 0.29) is 0 Å². The Morgan fingerprint density at radius 3 is 2.38 bits per heavy atom. The Labute approximate surface area is 158 Å². The van der Waals surface area contributed by atoms with Gasteiger partial charge in [0.05, 0.1) is 11.4 Å². The van der Waals surface area contributed by atoms with Crippen molar-refractivity contribution in [2.24, 2.45) is 0 Å². The van der Waals surface area contributed by atoms with Crippen LogP contribution in [0.1, 0.15) is 11.3 Å². The van der Waals surface area contributed by atoms with E-state index in [4.69, 9.17) is 16.6 Å². The molecular formula is C22H20ClN3. The Morgan fingerprint density at radius 2 is 1.62 bits per heavy atom. The predicted molar refractivity (Wildman–Crippen MR) is 107 cm³/mol. The molecule has 0 bridgehead atoms. The van der Waals surface area contributed by atoms with Crippen LogP contribution in [0.15, 0.2) is 79.0 Å². The number of fused-ring (bicyclic) bond motifs is 1. The van der Waals surface area contributed by atoms with Crippen molar-refractivity contribution in [1.82, 2.24) is 14.3 Å². The summed E-state index contributed by atoms with van der Waals surface area (Å²) in [6.45, 7) is 1.66.